The van der Waals surface area contributed by atoms with Crippen LogP contribution < -0.4 is 5.56 Å². The number of H-pyrrole nitrogens is 1. The molecule has 2 heterocycles. The fourth-order valence-corrected chi connectivity index (χ4v) is 2.68. The number of para-hydroxylation sites is 1. The molecule has 0 radical (unpaired) electrons. The molecule has 6 heteroatoms. The summed E-state index contributed by atoms with van der Waals surface area (Å²) in [5, 5.41) is 0.850. The Hall–Kier alpha value is -1.92. The van der Waals surface area contributed by atoms with Gasteiger partial charge in [-0.2, -0.15) is 0 Å². The quantitative estimate of drug-likeness (QED) is 0.853. The van der Waals surface area contributed by atoms with E-state index in [1.54, 1.807) is 6.07 Å². The standard InChI is InChI=1S/C18H21BFNO3/c1-11-7-6-8-12-9-13(16(22)21-15(11)12)10-14(20)19-23-17(2,3)18(4,5)24-19/h6-10H,1-5H3,(H,21,22). The van der Waals surface area contributed by atoms with Crippen LogP contribution in [0.5, 0.6) is 0 Å². The van der Waals surface area contributed by atoms with E-state index in [2.05, 4.69) is 4.98 Å². The Morgan fingerprint density at radius 3 is 2.46 bits per heavy atom. The number of rotatable bonds is 2. The highest BCUT2D eigenvalue weighted by Gasteiger charge is 2.53. The third-order valence-corrected chi connectivity index (χ3v) is 4.89. The van der Waals surface area contributed by atoms with Crippen molar-refractivity contribution in [1.82, 2.24) is 4.98 Å². The minimum Gasteiger partial charge on any atom is -0.398 e. The van der Waals surface area contributed by atoms with Gasteiger partial charge in [0.25, 0.3) is 5.56 Å². The molecule has 0 aliphatic carbocycles. The van der Waals surface area contributed by atoms with E-state index < -0.39 is 24.0 Å². The topological polar surface area (TPSA) is 51.3 Å². The number of nitrogens with one attached hydrogen (secondary N) is 1. The van der Waals surface area contributed by atoms with E-state index in [1.165, 1.54) is 6.08 Å². The number of benzene rings is 1. The maximum Gasteiger partial charge on any atom is 0.525 e. The van der Waals surface area contributed by atoms with Crippen molar-refractivity contribution in [3.8, 4) is 0 Å². The van der Waals surface area contributed by atoms with Gasteiger partial charge in [-0.25, -0.2) is 4.39 Å². The summed E-state index contributed by atoms with van der Waals surface area (Å²) in [7, 11) is -1.11. The first-order valence-electron chi connectivity index (χ1n) is 7.96. The minimum absolute atomic E-state index is 0.236. The van der Waals surface area contributed by atoms with Crippen LogP contribution in [0.3, 0.4) is 0 Å². The number of aryl methyl sites for hydroxylation is 1. The van der Waals surface area contributed by atoms with E-state index in [0.29, 0.717) is 0 Å². The van der Waals surface area contributed by atoms with Crippen LogP contribution in [0.25, 0.3) is 17.0 Å². The monoisotopic (exact) mass is 329 g/mol. The van der Waals surface area contributed by atoms with Crippen LogP contribution in [0.4, 0.5) is 4.39 Å². The number of hydrogen-bond acceptors (Lipinski definition) is 3. The molecule has 0 amide bonds. The van der Waals surface area contributed by atoms with E-state index in [4.69, 9.17) is 9.31 Å². The van der Waals surface area contributed by atoms with E-state index in [1.807, 2.05) is 52.8 Å². The molecular weight excluding hydrogens is 308 g/mol. The minimum atomic E-state index is -1.11. The molecule has 0 saturated carbocycles. The highest BCUT2D eigenvalue weighted by atomic mass is 19.1. The van der Waals surface area contributed by atoms with E-state index in [-0.39, 0.29) is 11.1 Å². The lowest BCUT2D eigenvalue weighted by Crippen LogP contribution is -2.41. The van der Waals surface area contributed by atoms with Crippen LogP contribution in [0.15, 0.2) is 34.8 Å². The van der Waals surface area contributed by atoms with Gasteiger partial charge in [-0.05, 0) is 57.7 Å². The summed E-state index contributed by atoms with van der Waals surface area (Å²) >= 11 is 0. The molecule has 0 bridgehead atoms. The highest BCUT2D eigenvalue weighted by molar-refractivity contribution is 6.54. The predicted molar refractivity (Wildman–Crippen MR) is 94.5 cm³/mol. The summed E-state index contributed by atoms with van der Waals surface area (Å²) in [6, 6.07) is 7.36. The second-order valence-corrected chi connectivity index (χ2v) is 7.21. The molecular formula is C18H21BFNO3. The Labute approximate surface area is 140 Å². The van der Waals surface area contributed by atoms with Gasteiger partial charge in [0.2, 0.25) is 0 Å². The van der Waals surface area contributed by atoms with E-state index in [9.17, 15) is 9.18 Å². The fourth-order valence-electron chi connectivity index (χ4n) is 2.68. The summed E-state index contributed by atoms with van der Waals surface area (Å²) in [6.07, 6.45) is 1.18. The zero-order chi connectivity index (χ0) is 17.7. The molecule has 0 atom stereocenters. The predicted octanol–water partition coefficient (Wildman–Crippen LogP) is 3.78. The molecule has 1 aliphatic heterocycles. The largest absolute Gasteiger partial charge is 0.525 e. The van der Waals surface area contributed by atoms with Crippen molar-refractivity contribution in [2.45, 2.75) is 45.8 Å². The number of pyridine rings is 1. The second kappa shape index (κ2) is 5.57. The van der Waals surface area contributed by atoms with Crippen molar-refractivity contribution >= 4 is 24.1 Å². The molecule has 1 N–H and O–H groups in total. The lowest BCUT2D eigenvalue weighted by molar-refractivity contribution is 0.00578. The molecule has 0 unspecified atom stereocenters. The summed E-state index contributed by atoms with van der Waals surface area (Å²) in [6.45, 7) is 9.33. The zero-order valence-electron chi connectivity index (χ0n) is 14.6. The summed E-state index contributed by atoms with van der Waals surface area (Å²) in [4.78, 5) is 15.0. The van der Waals surface area contributed by atoms with Crippen molar-refractivity contribution in [3.63, 3.8) is 0 Å². The van der Waals surface area contributed by atoms with Crippen LogP contribution in [0, 0.1) is 6.92 Å². The van der Waals surface area contributed by atoms with Gasteiger partial charge in [-0.15, -0.1) is 0 Å². The van der Waals surface area contributed by atoms with Gasteiger partial charge in [0.15, 0.2) is 0 Å². The molecule has 1 fully saturated rings. The highest BCUT2D eigenvalue weighted by Crippen LogP contribution is 2.39. The van der Waals surface area contributed by atoms with Gasteiger partial charge < -0.3 is 14.3 Å². The van der Waals surface area contributed by atoms with Crippen molar-refractivity contribution in [2.24, 2.45) is 0 Å². The lowest BCUT2D eigenvalue weighted by atomic mass is 9.87. The summed E-state index contributed by atoms with van der Waals surface area (Å²) in [5.74, 6) is 0. The van der Waals surface area contributed by atoms with Gasteiger partial charge in [0.1, 0.15) is 5.73 Å². The van der Waals surface area contributed by atoms with Crippen LogP contribution in [-0.4, -0.2) is 23.3 Å². The van der Waals surface area contributed by atoms with Crippen molar-refractivity contribution in [1.29, 1.82) is 0 Å². The zero-order valence-corrected chi connectivity index (χ0v) is 14.6. The fraction of sp³-hybridized carbons (Fsp3) is 0.389. The SMILES string of the molecule is Cc1cccc2cc(C=C(F)B3OC(C)(C)C(C)(C)O3)c(=O)[nH]c12. The lowest BCUT2D eigenvalue weighted by Gasteiger charge is -2.32. The summed E-state index contributed by atoms with van der Waals surface area (Å²) in [5.41, 5.74) is -0.261. The normalized spacial score (nSPS) is 19.9. The third kappa shape index (κ3) is 2.80. The molecule has 3 rings (SSSR count). The number of hydrogen-bond donors (Lipinski definition) is 1. The first-order chi connectivity index (χ1) is 11.1. The Bertz CT molecular complexity index is 869. The first-order valence-corrected chi connectivity index (χ1v) is 7.96. The van der Waals surface area contributed by atoms with Crippen LogP contribution in [0.1, 0.15) is 38.8 Å². The Balaban J connectivity index is 1.98. The number of halogens is 1. The molecule has 4 nitrogen and oxygen atoms in total. The Kier molecular flexibility index (Phi) is 3.93. The van der Waals surface area contributed by atoms with Crippen LogP contribution in [0.2, 0.25) is 0 Å². The van der Waals surface area contributed by atoms with Gasteiger partial charge in [-0.3, -0.25) is 4.79 Å². The van der Waals surface area contributed by atoms with E-state index >= 15 is 0 Å². The summed E-state index contributed by atoms with van der Waals surface area (Å²) < 4.78 is 25.9. The van der Waals surface area contributed by atoms with Crippen LogP contribution in [-0.2, 0) is 9.31 Å². The molecule has 0 spiro atoms. The molecule has 126 valence electrons. The molecule has 24 heavy (non-hydrogen) atoms. The van der Waals surface area contributed by atoms with Crippen molar-refractivity contribution in [3.05, 3.63) is 51.5 Å². The Morgan fingerprint density at radius 2 is 1.83 bits per heavy atom. The van der Waals surface area contributed by atoms with Gasteiger partial charge in [-0.1, -0.05) is 18.2 Å². The van der Waals surface area contributed by atoms with Gasteiger partial charge in [0.05, 0.1) is 16.7 Å². The Morgan fingerprint density at radius 1 is 1.21 bits per heavy atom. The molecule has 1 aliphatic rings. The van der Waals surface area contributed by atoms with Crippen molar-refractivity contribution < 1.29 is 13.7 Å². The maximum atomic E-state index is 14.6. The molecule has 2 aromatic rings. The van der Waals surface area contributed by atoms with Crippen molar-refractivity contribution in [2.75, 3.05) is 0 Å². The molecule has 1 aromatic heterocycles. The second-order valence-electron chi connectivity index (χ2n) is 7.21. The number of aromatic amines is 1. The third-order valence-electron chi connectivity index (χ3n) is 4.89. The average molecular weight is 329 g/mol. The smallest absolute Gasteiger partial charge is 0.398 e. The molecule has 1 saturated heterocycles. The first kappa shape index (κ1) is 16.9. The van der Waals surface area contributed by atoms with Crippen LogP contribution >= 0.6 is 0 Å². The van der Waals surface area contributed by atoms with Gasteiger partial charge >= 0.3 is 7.12 Å². The number of fused-ring (bicyclic) bond motifs is 1. The maximum absolute atomic E-state index is 14.6. The number of aromatic nitrogens is 1. The van der Waals surface area contributed by atoms with Gasteiger partial charge in [0, 0.05) is 5.56 Å². The van der Waals surface area contributed by atoms with E-state index in [0.717, 1.165) is 16.5 Å². The average Bonchev–Trinajstić information content (AvgIpc) is 2.69. The molecule has 1 aromatic carbocycles.